The number of hydrogen-bond donors (Lipinski definition) is 0. The number of nitrogens with zero attached hydrogens (tertiary/aromatic N) is 1. The summed E-state index contributed by atoms with van der Waals surface area (Å²) in [5.74, 6) is 0.721. The fraction of sp³-hybridized carbons (Fsp3) is 0.452. The van der Waals surface area contributed by atoms with Crippen LogP contribution in [0.15, 0.2) is 66.1 Å². The van der Waals surface area contributed by atoms with E-state index in [9.17, 15) is 4.79 Å². The van der Waals surface area contributed by atoms with E-state index in [-0.39, 0.29) is 5.92 Å². The topological polar surface area (TPSA) is 20.3 Å². The van der Waals surface area contributed by atoms with Crippen molar-refractivity contribution >= 4 is 32.8 Å². The van der Waals surface area contributed by atoms with Crippen molar-refractivity contribution in [3.63, 3.8) is 0 Å². The molecule has 178 valence electrons. The van der Waals surface area contributed by atoms with Crippen LogP contribution in [0.3, 0.4) is 0 Å². The Morgan fingerprint density at radius 2 is 1.82 bits per heavy atom. The molecule has 2 aliphatic rings. The van der Waals surface area contributed by atoms with Gasteiger partial charge in [0, 0.05) is 23.7 Å². The summed E-state index contributed by atoms with van der Waals surface area (Å²) < 4.78 is 1.41. The molecule has 0 saturated heterocycles. The average molecular weight is 472 g/mol. The average Bonchev–Trinajstić information content (AvgIpc) is 3.26. The number of thiophene rings is 1. The maximum absolute atomic E-state index is 13.9. The molecule has 1 atom stereocenters. The molecule has 34 heavy (non-hydrogen) atoms. The van der Waals surface area contributed by atoms with Crippen LogP contribution in [0.4, 0.5) is 0 Å². The van der Waals surface area contributed by atoms with E-state index in [2.05, 4.69) is 77.9 Å². The van der Waals surface area contributed by atoms with E-state index in [1.807, 2.05) is 11.3 Å². The number of benzene rings is 2. The molecule has 2 heterocycles. The number of hydrogen-bond acceptors (Lipinski definition) is 3. The number of carbonyl (C=O) groups excluding carboxylic acids is 1. The normalized spacial score (nSPS) is 20.0. The molecule has 0 spiro atoms. The zero-order chi connectivity index (χ0) is 23.4. The summed E-state index contributed by atoms with van der Waals surface area (Å²) in [4.78, 5) is 16.5. The van der Waals surface area contributed by atoms with Gasteiger partial charge in [0.15, 0.2) is 0 Å². The van der Waals surface area contributed by atoms with E-state index >= 15 is 0 Å². The summed E-state index contributed by atoms with van der Waals surface area (Å²) in [7, 11) is 0. The summed E-state index contributed by atoms with van der Waals surface area (Å²) in [6, 6.07) is 19.5. The Balaban J connectivity index is 1.28. The number of fused-ring (bicyclic) bond motifs is 1. The van der Waals surface area contributed by atoms with Crippen LogP contribution < -0.4 is 0 Å². The molecule has 0 amide bonds. The molecule has 0 radical (unpaired) electrons. The minimum atomic E-state index is -0.394. The summed E-state index contributed by atoms with van der Waals surface area (Å²) >= 11 is 1.85. The van der Waals surface area contributed by atoms with Crippen LogP contribution in [0.2, 0.25) is 0 Å². The van der Waals surface area contributed by atoms with Gasteiger partial charge in [-0.2, -0.15) is 0 Å². The smallest absolute Gasteiger partial charge is 0.146 e. The van der Waals surface area contributed by atoms with E-state index in [0.29, 0.717) is 5.78 Å². The molecular weight excluding hydrogens is 434 g/mol. The summed E-state index contributed by atoms with van der Waals surface area (Å²) in [6.07, 6.45) is 11.4. The molecule has 1 aliphatic carbocycles. The first-order valence-electron chi connectivity index (χ1n) is 13.1. The molecule has 1 fully saturated rings. The Kier molecular flexibility index (Phi) is 7.32. The SMILES string of the molecule is CC(CCN1CCC=C(c2cccc3ccsc23)CC1)(C(=O)C1CCCCC1)c1ccccc1. The minimum Gasteiger partial charge on any atom is -0.303 e. The number of carbonyl (C=O) groups is 1. The van der Waals surface area contributed by atoms with Gasteiger partial charge >= 0.3 is 0 Å². The fourth-order valence-electron chi connectivity index (χ4n) is 6.04. The zero-order valence-electron chi connectivity index (χ0n) is 20.5. The van der Waals surface area contributed by atoms with Crippen LogP contribution in [0.25, 0.3) is 15.7 Å². The third kappa shape index (κ3) is 4.92. The van der Waals surface area contributed by atoms with Gasteiger partial charge in [-0.1, -0.05) is 73.9 Å². The second kappa shape index (κ2) is 10.6. The highest BCUT2D eigenvalue weighted by molar-refractivity contribution is 7.17. The highest BCUT2D eigenvalue weighted by Crippen LogP contribution is 2.37. The van der Waals surface area contributed by atoms with Crippen molar-refractivity contribution in [3.05, 3.63) is 77.2 Å². The van der Waals surface area contributed by atoms with Crippen molar-refractivity contribution in [2.75, 3.05) is 19.6 Å². The van der Waals surface area contributed by atoms with Gasteiger partial charge in [-0.05, 0) is 79.1 Å². The lowest BCUT2D eigenvalue weighted by Gasteiger charge is -2.35. The Morgan fingerprint density at radius 3 is 2.65 bits per heavy atom. The van der Waals surface area contributed by atoms with Gasteiger partial charge in [0.05, 0.1) is 5.41 Å². The monoisotopic (exact) mass is 471 g/mol. The van der Waals surface area contributed by atoms with Crippen LogP contribution in [0, 0.1) is 5.92 Å². The zero-order valence-corrected chi connectivity index (χ0v) is 21.3. The molecule has 1 saturated carbocycles. The standard InChI is InChI=1S/C31H37NOS/c1-31(27-14-6-3-7-15-27,30(33)26-10-4-2-5-11-26)19-22-32-20-9-13-24(17-21-32)28-16-8-12-25-18-23-34-29(25)28/h3,6-8,12-16,18,23,26H,2,4-5,9-11,17,19-22H2,1H3. The molecule has 1 aromatic heterocycles. The van der Waals surface area contributed by atoms with E-state index in [0.717, 1.165) is 51.7 Å². The van der Waals surface area contributed by atoms with Gasteiger partial charge in [0.1, 0.15) is 5.78 Å². The van der Waals surface area contributed by atoms with Crippen LogP contribution in [-0.2, 0) is 10.2 Å². The van der Waals surface area contributed by atoms with E-state index in [1.165, 1.54) is 46.0 Å². The van der Waals surface area contributed by atoms with E-state index < -0.39 is 5.41 Å². The van der Waals surface area contributed by atoms with Crippen molar-refractivity contribution < 1.29 is 4.79 Å². The predicted molar refractivity (Wildman–Crippen MR) is 145 cm³/mol. The number of rotatable bonds is 7. The van der Waals surface area contributed by atoms with Crippen LogP contribution in [0.5, 0.6) is 0 Å². The first-order valence-corrected chi connectivity index (χ1v) is 14.0. The van der Waals surface area contributed by atoms with Gasteiger partial charge in [-0.15, -0.1) is 11.3 Å². The largest absolute Gasteiger partial charge is 0.303 e. The van der Waals surface area contributed by atoms with Gasteiger partial charge in [-0.25, -0.2) is 0 Å². The van der Waals surface area contributed by atoms with Crippen molar-refractivity contribution in [3.8, 4) is 0 Å². The molecular formula is C31H37NOS. The molecule has 3 heteroatoms. The Morgan fingerprint density at radius 1 is 1.00 bits per heavy atom. The maximum atomic E-state index is 13.9. The van der Waals surface area contributed by atoms with Gasteiger partial charge in [0.2, 0.25) is 0 Å². The molecule has 1 aliphatic heterocycles. The Labute approximate surface area is 208 Å². The first-order chi connectivity index (χ1) is 16.6. The van der Waals surface area contributed by atoms with Crippen molar-refractivity contribution in [1.29, 1.82) is 0 Å². The summed E-state index contributed by atoms with van der Waals surface area (Å²) in [5, 5.41) is 3.55. The lowest BCUT2D eigenvalue weighted by atomic mass is 9.69. The van der Waals surface area contributed by atoms with Crippen LogP contribution >= 0.6 is 11.3 Å². The lowest BCUT2D eigenvalue weighted by molar-refractivity contribution is -0.129. The van der Waals surface area contributed by atoms with Crippen LogP contribution in [-0.4, -0.2) is 30.3 Å². The highest BCUT2D eigenvalue weighted by atomic mass is 32.1. The molecule has 0 N–H and O–H groups in total. The second-order valence-corrected chi connectivity index (χ2v) is 11.3. The Hall–Kier alpha value is -2.23. The summed E-state index contributed by atoms with van der Waals surface area (Å²) in [5.41, 5.74) is 3.70. The van der Waals surface area contributed by atoms with Crippen molar-refractivity contribution in [2.24, 2.45) is 5.92 Å². The summed E-state index contributed by atoms with van der Waals surface area (Å²) in [6.45, 7) is 5.34. The van der Waals surface area contributed by atoms with E-state index in [4.69, 9.17) is 0 Å². The molecule has 3 aromatic rings. The second-order valence-electron chi connectivity index (χ2n) is 10.4. The van der Waals surface area contributed by atoms with Crippen molar-refractivity contribution in [1.82, 2.24) is 4.90 Å². The maximum Gasteiger partial charge on any atom is 0.146 e. The third-order valence-electron chi connectivity index (χ3n) is 8.22. The fourth-order valence-corrected chi connectivity index (χ4v) is 6.99. The Bertz CT molecular complexity index is 1140. The van der Waals surface area contributed by atoms with E-state index in [1.54, 1.807) is 0 Å². The predicted octanol–water partition coefficient (Wildman–Crippen LogP) is 7.88. The first kappa shape index (κ1) is 23.5. The molecule has 1 unspecified atom stereocenters. The van der Waals surface area contributed by atoms with Crippen molar-refractivity contribution in [2.45, 2.75) is 63.7 Å². The molecule has 2 aromatic carbocycles. The number of ketones is 1. The molecule has 0 bridgehead atoms. The molecule has 5 rings (SSSR count). The minimum absolute atomic E-state index is 0.239. The third-order valence-corrected chi connectivity index (χ3v) is 9.18. The number of Topliss-reactive ketones (excluding diaryl/α,β-unsaturated/α-hetero) is 1. The van der Waals surface area contributed by atoms with Gasteiger partial charge in [0.25, 0.3) is 0 Å². The van der Waals surface area contributed by atoms with Crippen LogP contribution in [0.1, 0.15) is 69.4 Å². The quantitative estimate of drug-likeness (QED) is 0.349. The van der Waals surface area contributed by atoms with Gasteiger partial charge in [-0.3, -0.25) is 4.79 Å². The highest BCUT2D eigenvalue weighted by Gasteiger charge is 2.39. The lowest BCUT2D eigenvalue weighted by Crippen LogP contribution is -2.41. The van der Waals surface area contributed by atoms with Gasteiger partial charge < -0.3 is 4.90 Å². The molecule has 2 nitrogen and oxygen atoms in total.